The molecule has 0 bridgehead atoms. The fourth-order valence-electron chi connectivity index (χ4n) is 1.00. The normalized spacial score (nSPS) is 12.5. The van der Waals surface area contributed by atoms with Crippen molar-refractivity contribution in [1.82, 2.24) is 0 Å². The van der Waals surface area contributed by atoms with E-state index in [-0.39, 0.29) is 12.6 Å². The topological polar surface area (TPSA) is 55.5 Å². The quantitative estimate of drug-likeness (QED) is 0.841. The third kappa shape index (κ3) is 4.26. The van der Waals surface area contributed by atoms with Crippen molar-refractivity contribution in [2.45, 2.75) is 12.5 Å². The van der Waals surface area contributed by atoms with Gasteiger partial charge in [0.2, 0.25) is 0 Å². The second-order valence-corrected chi connectivity index (χ2v) is 4.00. The lowest BCUT2D eigenvalue weighted by atomic mass is 10.2. The van der Waals surface area contributed by atoms with E-state index in [4.69, 9.17) is 38.8 Å². The lowest BCUT2D eigenvalue weighted by Crippen LogP contribution is -2.26. The van der Waals surface area contributed by atoms with Gasteiger partial charge in [0.15, 0.2) is 0 Å². The molecule has 3 N–H and O–H groups in total. The molecule has 0 heterocycles. The zero-order chi connectivity index (χ0) is 11.3. The van der Waals surface area contributed by atoms with Gasteiger partial charge in [-0.25, -0.2) is 0 Å². The molecule has 0 aliphatic carbocycles. The van der Waals surface area contributed by atoms with Crippen molar-refractivity contribution < 1.29 is 9.84 Å². The number of benzene rings is 1. The summed E-state index contributed by atoms with van der Waals surface area (Å²) in [5.41, 5.74) is 5.52. The fourth-order valence-corrected chi connectivity index (χ4v) is 1.47. The number of hydrogen-bond donors (Lipinski definition) is 2. The van der Waals surface area contributed by atoms with Crippen molar-refractivity contribution in [3.05, 3.63) is 28.2 Å². The molecule has 0 spiro atoms. The van der Waals surface area contributed by atoms with Crippen LogP contribution in [0.1, 0.15) is 6.42 Å². The Bertz CT molecular complexity index is 320. The molecule has 1 aromatic rings. The third-order valence-corrected chi connectivity index (χ3v) is 2.41. The maximum Gasteiger partial charge on any atom is 0.137 e. The predicted molar refractivity (Wildman–Crippen MR) is 61.6 cm³/mol. The number of halogens is 2. The number of hydrogen-bond acceptors (Lipinski definition) is 3. The lowest BCUT2D eigenvalue weighted by molar-refractivity contribution is 0.230. The smallest absolute Gasteiger partial charge is 0.137 e. The van der Waals surface area contributed by atoms with Crippen LogP contribution in [0.25, 0.3) is 0 Å². The van der Waals surface area contributed by atoms with Crippen LogP contribution in [0.5, 0.6) is 5.75 Å². The van der Waals surface area contributed by atoms with Crippen molar-refractivity contribution in [2.75, 3.05) is 13.2 Å². The molecule has 0 aromatic heterocycles. The van der Waals surface area contributed by atoms with Crippen molar-refractivity contribution in [1.29, 1.82) is 0 Å². The third-order valence-electron chi connectivity index (χ3n) is 1.87. The van der Waals surface area contributed by atoms with Gasteiger partial charge in [0.25, 0.3) is 0 Å². The van der Waals surface area contributed by atoms with Crippen LogP contribution in [0.15, 0.2) is 18.2 Å². The molecule has 0 radical (unpaired) electrons. The van der Waals surface area contributed by atoms with Crippen molar-refractivity contribution >= 4 is 23.2 Å². The van der Waals surface area contributed by atoms with Crippen LogP contribution < -0.4 is 10.5 Å². The first-order valence-electron chi connectivity index (χ1n) is 4.57. The summed E-state index contributed by atoms with van der Waals surface area (Å²) in [6.07, 6.45) is 0.579. The van der Waals surface area contributed by atoms with Gasteiger partial charge in [-0.05, 0) is 24.6 Å². The van der Waals surface area contributed by atoms with Crippen LogP contribution in [-0.4, -0.2) is 24.4 Å². The molecule has 3 nitrogen and oxygen atoms in total. The Morgan fingerprint density at radius 1 is 1.40 bits per heavy atom. The molecule has 1 aromatic carbocycles. The molecule has 0 saturated heterocycles. The summed E-state index contributed by atoms with van der Waals surface area (Å²) in [5.74, 6) is 0.575. The number of aliphatic hydroxyl groups is 1. The molecule has 84 valence electrons. The molecule has 0 saturated carbocycles. The minimum Gasteiger partial charge on any atom is -0.492 e. The zero-order valence-corrected chi connectivity index (χ0v) is 9.63. The van der Waals surface area contributed by atoms with E-state index in [1.54, 1.807) is 18.2 Å². The van der Waals surface area contributed by atoms with E-state index in [0.29, 0.717) is 28.8 Å². The van der Waals surface area contributed by atoms with E-state index in [1.807, 2.05) is 0 Å². The van der Waals surface area contributed by atoms with Gasteiger partial charge in [0.1, 0.15) is 5.75 Å². The highest BCUT2D eigenvalue weighted by atomic mass is 35.5. The van der Waals surface area contributed by atoms with E-state index >= 15 is 0 Å². The van der Waals surface area contributed by atoms with Crippen LogP contribution >= 0.6 is 23.2 Å². The van der Waals surface area contributed by atoms with Gasteiger partial charge in [-0.15, -0.1) is 0 Å². The molecule has 1 atom stereocenters. The van der Waals surface area contributed by atoms with E-state index in [0.717, 1.165) is 0 Å². The van der Waals surface area contributed by atoms with Crippen molar-refractivity contribution in [3.63, 3.8) is 0 Å². The number of ether oxygens (including phenoxy) is 1. The average molecular weight is 250 g/mol. The Labute approximate surface area is 98.7 Å². The SMILES string of the molecule is NC(CO)CCOc1ccc(Cl)cc1Cl. The Morgan fingerprint density at radius 2 is 2.13 bits per heavy atom. The van der Waals surface area contributed by atoms with Gasteiger partial charge in [-0.3, -0.25) is 0 Å². The summed E-state index contributed by atoms with van der Waals surface area (Å²) in [5, 5.41) is 9.74. The molecule has 0 aliphatic rings. The summed E-state index contributed by atoms with van der Waals surface area (Å²) in [6, 6.07) is 4.77. The predicted octanol–water partition coefficient (Wildman–Crippen LogP) is 2.08. The summed E-state index contributed by atoms with van der Waals surface area (Å²) < 4.78 is 5.38. The maximum atomic E-state index is 8.70. The summed E-state index contributed by atoms with van der Waals surface area (Å²) in [6.45, 7) is 0.376. The number of aliphatic hydroxyl groups excluding tert-OH is 1. The Hall–Kier alpha value is -0.480. The minimum atomic E-state index is -0.254. The molecule has 0 amide bonds. The second kappa shape index (κ2) is 6.18. The zero-order valence-electron chi connectivity index (χ0n) is 8.12. The first-order chi connectivity index (χ1) is 7.13. The summed E-state index contributed by atoms with van der Waals surface area (Å²) in [7, 11) is 0. The van der Waals surface area contributed by atoms with Crippen LogP contribution in [0.2, 0.25) is 10.0 Å². The molecular weight excluding hydrogens is 237 g/mol. The first-order valence-corrected chi connectivity index (χ1v) is 5.33. The van der Waals surface area contributed by atoms with Gasteiger partial charge in [-0.1, -0.05) is 23.2 Å². The molecule has 0 aliphatic heterocycles. The fraction of sp³-hybridized carbons (Fsp3) is 0.400. The molecule has 15 heavy (non-hydrogen) atoms. The van der Waals surface area contributed by atoms with E-state index in [9.17, 15) is 0 Å². The lowest BCUT2D eigenvalue weighted by Gasteiger charge is -2.10. The Balaban J connectivity index is 2.44. The molecule has 1 rings (SSSR count). The van der Waals surface area contributed by atoms with Crippen LogP contribution in [0.3, 0.4) is 0 Å². The highest BCUT2D eigenvalue weighted by molar-refractivity contribution is 6.35. The summed E-state index contributed by atoms with van der Waals surface area (Å²) >= 11 is 11.6. The molecular formula is C10H13Cl2NO2. The van der Waals surface area contributed by atoms with Crippen molar-refractivity contribution in [2.24, 2.45) is 5.73 Å². The largest absolute Gasteiger partial charge is 0.492 e. The van der Waals surface area contributed by atoms with E-state index < -0.39 is 0 Å². The Morgan fingerprint density at radius 3 is 2.73 bits per heavy atom. The summed E-state index contributed by atoms with van der Waals surface area (Å²) in [4.78, 5) is 0. The molecule has 5 heteroatoms. The van der Waals surface area contributed by atoms with Gasteiger partial charge >= 0.3 is 0 Å². The van der Waals surface area contributed by atoms with E-state index in [2.05, 4.69) is 0 Å². The number of rotatable bonds is 5. The van der Waals surface area contributed by atoms with Gasteiger partial charge in [0, 0.05) is 11.1 Å². The second-order valence-electron chi connectivity index (χ2n) is 3.15. The number of nitrogens with two attached hydrogens (primary N) is 1. The Kier molecular flexibility index (Phi) is 5.19. The molecule has 1 unspecified atom stereocenters. The van der Waals surface area contributed by atoms with Crippen molar-refractivity contribution in [3.8, 4) is 5.75 Å². The van der Waals surface area contributed by atoms with Crippen LogP contribution in [0.4, 0.5) is 0 Å². The molecule has 0 fully saturated rings. The van der Waals surface area contributed by atoms with Gasteiger partial charge in [-0.2, -0.15) is 0 Å². The van der Waals surface area contributed by atoms with Crippen LogP contribution in [-0.2, 0) is 0 Å². The van der Waals surface area contributed by atoms with E-state index in [1.165, 1.54) is 0 Å². The average Bonchev–Trinajstić information content (AvgIpc) is 2.21. The minimum absolute atomic E-state index is 0.0439. The maximum absolute atomic E-state index is 8.70. The monoisotopic (exact) mass is 249 g/mol. The van der Waals surface area contributed by atoms with Gasteiger partial charge < -0.3 is 15.6 Å². The standard InChI is InChI=1S/C10H13Cl2NO2/c11-7-1-2-10(9(12)5-7)15-4-3-8(13)6-14/h1-2,5,8,14H,3-4,6,13H2. The van der Waals surface area contributed by atoms with Crippen LogP contribution in [0, 0.1) is 0 Å². The van der Waals surface area contributed by atoms with Gasteiger partial charge in [0.05, 0.1) is 18.2 Å². The highest BCUT2D eigenvalue weighted by Crippen LogP contribution is 2.27. The first kappa shape index (κ1) is 12.6. The highest BCUT2D eigenvalue weighted by Gasteiger charge is 2.04.